The molecule has 0 radical (unpaired) electrons. The Kier molecular flexibility index (Phi) is 4.55. The van der Waals surface area contributed by atoms with Crippen LogP contribution in [-0.4, -0.2) is 17.3 Å². The van der Waals surface area contributed by atoms with Gasteiger partial charge in [-0.15, -0.1) is 0 Å². The van der Waals surface area contributed by atoms with E-state index in [1.807, 2.05) is 19.1 Å². The minimum Gasteiger partial charge on any atom is -0.385 e. The maximum atomic E-state index is 10.9. The summed E-state index contributed by atoms with van der Waals surface area (Å²) in [5, 5.41) is 10.9. The van der Waals surface area contributed by atoms with E-state index in [0.29, 0.717) is 12.0 Å². The Morgan fingerprint density at radius 2 is 1.65 bits per heavy atom. The van der Waals surface area contributed by atoms with Gasteiger partial charge in [0.15, 0.2) is 0 Å². The minimum absolute atomic E-state index is 0.369. The van der Waals surface area contributed by atoms with Crippen LogP contribution in [0.1, 0.15) is 63.7 Å². The highest BCUT2D eigenvalue weighted by molar-refractivity contribution is 5.25. The van der Waals surface area contributed by atoms with Crippen molar-refractivity contribution in [3.8, 4) is 0 Å². The lowest BCUT2D eigenvalue weighted by molar-refractivity contribution is -0.153. The first-order valence-electron chi connectivity index (χ1n) is 7.77. The highest BCUT2D eigenvalue weighted by Gasteiger charge is 2.44. The Morgan fingerprint density at radius 3 is 2.15 bits per heavy atom. The Morgan fingerprint density at radius 1 is 1.10 bits per heavy atom. The van der Waals surface area contributed by atoms with Gasteiger partial charge in [-0.05, 0) is 50.5 Å². The quantitative estimate of drug-likeness (QED) is 0.883. The molecule has 0 aliphatic heterocycles. The number of benzene rings is 1. The van der Waals surface area contributed by atoms with Gasteiger partial charge in [-0.3, -0.25) is 0 Å². The van der Waals surface area contributed by atoms with Crippen molar-refractivity contribution in [3.63, 3.8) is 0 Å². The summed E-state index contributed by atoms with van der Waals surface area (Å²) in [5.41, 5.74) is 2.16. The van der Waals surface area contributed by atoms with E-state index in [4.69, 9.17) is 4.74 Å². The van der Waals surface area contributed by atoms with Gasteiger partial charge in [0, 0.05) is 6.61 Å². The number of aryl methyl sites for hydroxylation is 1. The standard InChI is InChI=1S/C18H28O2/c1-5-20-18(12-10-17(3,4)11-13-18)16(19)15-8-6-14(2)7-9-15/h6-9,16,19H,5,10-13H2,1-4H3. The molecule has 1 aromatic carbocycles. The molecular formula is C18H28O2. The SMILES string of the molecule is CCOC1(C(O)c2ccc(C)cc2)CCC(C)(C)CC1. The number of aliphatic hydroxyl groups excluding tert-OH is 1. The molecule has 0 heterocycles. The fraction of sp³-hybridized carbons (Fsp3) is 0.667. The third-order valence-electron chi connectivity index (χ3n) is 4.77. The Bertz CT molecular complexity index is 423. The van der Waals surface area contributed by atoms with Gasteiger partial charge in [0.05, 0.1) is 5.60 Å². The molecule has 20 heavy (non-hydrogen) atoms. The van der Waals surface area contributed by atoms with E-state index in [2.05, 4.69) is 32.9 Å². The molecule has 1 aromatic rings. The second-order valence-electron chi connectivity index (χ2n) is 6.98. The number of rotatable bonds is 4. The van der Waals surface area contributed by atoms with Crippen LogP contribution in [0.15, 0.2) is 24.3 Å². The zero-order valence-corrected chi connectivity index (χ0v) is 13.3. The lowest BCUT2D eigenvalue weighted by atomic mass is 9.68. The molecule has 1 saturated carbocycles. The topological polar surface area (TPSA) is 29.5 Å². The van der Waals surface area contributed by atoms with Crippen molar-refractivity contribution in [3.05, 3.63) is 35.4 Å². The molecule has 2 nitrogen and oxygen atoms in total. The molecular weight excluding hydrogens is 248 g/mol. The van der Waals surface area contributed by atoms with Crippen molar-refractivity contribution < 1.29 is 9.84 Å². The molecule has 1 fully saturated rings. The average Bonchev–Trinajstić information content (AvgIpc) is 2.42. The van der Waals surface area contributed by atoms with Gasteiger partial charge in [-0.25, -0.2) is 0 Å². The summed E-state index contributed by atoms with van der Waals surface area (Å²) in [6, 6.07) is 8.18. The summed E-state index contributed by atoms with van der Waals surface area (Å²) in [6.07, 6.45) is 3.55. The molecule has 1 aliphatic carbocycles. The summed E-state index contributed by atoms with van der Waals surface area (Å²) < 4.78 is 6.06. The van der Waals surface area contributed by atoms with Crippen LogP contribution >= 0.6 is 0 Å². The van der Waals surface area contributed by atoms with E-state index >= 15 is 0 Å². The van der Waals surface area contributed by atoms with Gasteiger partial charge in [0.25, 0.3) is 0 Å². The predicted molar refractivity (Wildman–Crippen MR) is 82.7 cm³/mol. The third kappa shape index (κ3) is 3.24. The maximum Gasteiger partial charge on any atom is 0.108 e. The van der Waals surface area contributed by atoms with Gasteiger partial charge < -0.3 is 9.84 Å². The second-order valence-corrected chi connectivity index (χ2v) is 6.98. The van der Waals surface area contributed by atoms with Crippen LogP contribution < -0.4 is 0 Å². The van der Waals surface area contributed by atoms with Gasteiger partial charge in [-0.2, -0.15) is 0 Å². The van der Waals surface area contributed by atoms with Gasteiger partial charge in [0.1, 0.15) is 6.10 Å². The number of hydrogen-bond acceptors (Lipinski definition) is 2. The lowest BCUT2D eigenvalue weighted by Crippen LogP contribution is -2.44. The molecule has 0 spiro atoms. The molecule has 2 heteroatoms. The number of aliphatic hydroxyl groups is 1. The van der Waals surface area contributed by atoms with Crippen molar-refractivity contribution in [2.75, 3.05) is 6.61 Å². The Balaban J connectivity index is 2.22. The van der Waals surface area contributed by atoms with Crippen molar-refractivity contribution in [1.82, 2.24) is 0 Å². The van der Waals surface area contributed by atoms with Gasteiger partial charge in [0.2, 0.25) is 0 Å². The zero-order chi connectivity index (χ0) is 14.8. The minimum atomic E-state index is -0.529. The number of ether oxygens (including phenoxy) is 1. The first kappa shape index (κ1) is 15.5. The summed E-state index contributed by atoms with van der Waals surface area (Å²) in [5.74, 6) is 0. The Hall–Kier alpha value is -0.860. The lowest BCUT2D eigenvalue weighted by Gasteiger charge is -2.46. The van der Waals surface area contributed by atoms with Crippen LogP contribution in [0.3, 0.4) is 0 Å². The molecule has 0 bridgehead atoms. The molecule has 1 aliphatic rings. The highest BCUT2D eigenvalue weighted by atomic mass is 16.5. The molecule has 112 valence electrons. The summed E-state index contributed by atoms with van der Waals surface area (Å²) >= 11 is 0. The molecule has 1 unspecified atom stereocenters. The molecule has 1 atom stereocenters. The van der Waals surface area contributed by atoms with Crippen LogP contribution in [0, 0.1) is 12.3 Å². The van der Waals surface area contributed by atoms with Crippen molar-refractivity contribution >= 4 is 0 Å². The van der Waals surface area contributed by atoms with Crippen molar-refractivity contribution in [2.45, 2.75) is 65.1 Å². The van der Waals surface area contributed by atoms with E-state index in [9.17, 15) is 5.11 Å². The summed E-state index contributed by atoms with van der Waals surface area (Å²) in [7, 11) is 0. The van der Waals surface area contributed by atoms with Crippen LogP contribution in [0.5, 0.6) is 0 Å². The maximum absolute atomic E-state index is 10.9. The fourth-order valence-electron chi connectivity index (χ4n) is 3.19. The molecule has 0 saturated heterocycles. The molecule has 0 amide bonds. The van der Waals surface area contributed by atoms with Crippen LogP contribution in [0.2, 0.25) is 0 Å². The van der Waals surface area contributed by atoms with E-state index in [0.717, 1.165) is 31.2 Å². The van der Waals surface area contributed by atoms with Gasteiger partial charge >= 0.3 is 0 Å². The molecule has 0 aromatic heterocycles. The van der Waals surface area contributed by atoms with Gasteiger partial charge in [-0.1, -0.05) is 43.7 Å². The molecule has 2 rings (SSSR count). The van der Waals surface area contributed by atoms with E-state index in [1.165, 1.54) is 5.56 Å². The normalized spacial score (nSPS) is 22.4. The zero-order valence-electron chi connectivity index (χ0n) is 13.3. The first-order valence-corrected chi connectivity index (χ1v) is 7.77. The molecule has 1 N–H and O–H groups in total. The van der Waals surface area contributed by atoms with Crippen LogP contribution in [-0.2, 0) is 4.74 Å². The first-order chi connectivity index (χ1) is 9.38. The van der Waals surface area contributed by atoms with Crippen LogP contribution in [0.4, 0.5) is 0 Å². The fourth-order valence-corrected chi connectivity index (χ4v) is 3.19. The largest absolute Gasteiger partial charge is 0.385 e. The predicted octanol–water partition coefficient (Wildman–Crippen LogP) is 4.40. The number of hydrogen-bond donors (Lipinski definition) is 1. The average molecular weight is 276 g/mol. The summed E-state index contributed by atoms with van der Waals surface area (Å²) in [4.78, 5) is 0. The monoisotopic (exact) mass is 276 g/mol. The van der Waals surface area contributed by atoms with E-state index in [1.54, 1.807) is 0 Å². The summed E-state index contributed by atoms with van der Waals surface area (Å²) in [6.45, 7) is 9.35. The van der Waals surface area contributed by atoms with E-state index in [-0.39, 0.29) is 0 Å². The van der Waals surface area contributed by atoms with Crippen molar-refractivity contribution in [2.24, 2.45) is 5.41 Å². The van der Waals surface area contributed by atoms with Crippen LogP contribution in [0.25, 0.3) is 0 Å². The van der Waals surface area contributed by atoms with Crippen molar-refractivity contribution in [1.29, 1.82) is 0 Å². The van der Waals surface area contributed by atoms with E-state index < -0.39 is 11.7 Å². The smallest absolute Gasteiger partial charge is 0.108 e. The third-order valence-corrected chi connectivity index (χ3v) is 4.77. The second kappa shape index (κ2) is 5.87. The highest BCUT2D eigenvalue weighted by Crippen LogP contribution is 2.47. The Labute approximate surface area is 123 Å².